The maximum absolute atomic E-state index is 12.4. The Morgan fingerprint density at radius 1 is 1.29 bits per heavy atom. The minimum atomic E-state index is -3.95. The molecule has 1 atom stereocenters. The monoisotopic (exact) mass is 354 g/mol. The second kappa shape index (κ2) is 8.15. The van der Waals surface area contributed by atoms with E-state index in [2.05, 4.69) is 16.6 Å². The van der Waals surface area contributed by atoms with E-state index < -0.39 is 27.4 Å². The summed E-state index contributed by atoms with van der Waals surface area (Å²) in [5, 5.41) is 8.81. The molecule has 0 bridgehead atoms. The van der Waals surface area contributed by atoms with Crippen LogP contribution in [-0.2, 0) is 14.8 Å². The van der Waals surface area contributed by atoms with Crippen LogP contribution in [0, 0.1) is 17.3 Å². The zero-order valence-electron chi connectivity index (χ0n) is 14.1. The molecule has 1 rings (SSSR count). The first-order valence-corrected chi connectivity index (χ1v) is 8.69. The Labute approximate surface area is 142 Å². The van der Waals surface area contributed by atoms with Crippen LogP contribution in [-0.4, -0.2) is 32.2 Å². The van der Waals surface area contributed by atoms with E-state index in [1.807, 2.05) is 0 Å². The van der Waals surface area contributed by atoms with Crippen molar-refractivity contribution in [3.8, 4) is 17.6 Å². The largest absolute Gasteiger partial charge is 0.481 e. The minimum absolute atomic E-state index is 0.0172. The SMILES string of the molecule is CC#CCOc1ccc(S(=O)(=O)NC(C(=O)NO)C(C)(C)C)cc1. The van der Waals surface area contributed by atoms with E-state index in [1.165, 1.54) is 29.7 Å². The van der Waals surface area contributed by atoms with Crippen molar-refractivity contribution >= 4 is 15.9 Å². The van der Waals surface area contributed by atoms with Gasteiger partial charge in [-0.25, -0.2) is 13.9 Å². The fourth-order valence-corrected chi connectivity index (χ4v) is 3.22. The highest BCUT2D eigenvalue weighted by atomic mass is 32.2. The van der Waals surface area contributed by atoms with E-state index in [9.17, 15) is 13.2 Å². The number of ether oxygens (including phenoxy) is 1. The van der Waals surface area contributed by atoms with Gasteiger partial charge >= 0.3 is 0 Å². The zero-order valence-corrected chi connectivity index (χ0v) is 14.9. The molecule has 0 aliphatic rings. The van der Waals surface area contributed by atoms with Gasteiger partial charge in [-0.3, -0.25) is 10.0 Å². The number of hydrogen-bond donors (Lipinski definition) is 3. The highest BCUT2D eigenvalue weighted by Gasteiger charge is 2.35. The molecule has 1 aromatic rings. The predicted molar refractivity (Wildman–Crippen MR) is 88.9 cm³/mol. The Bertz CT molecular complexity index is 724. The van der Waals surface area contributed by atoms with Gasteiger partial charge in [0, 0.05) is 0 Å². The normalized spacial score (nSPS) is 12.7. The maximum Gasteiger partial charge on any atom is 0.262 e. The summed E-state index contributed by atoms with van der Waals surface area (Å²) in [6, 6.07) is 4.61. The summed E-state index contributed by atoms with van der Waals surface area (Å²) >= 11 is 0. The summed E-state index contributed by atoms with van der Waals surface area (Å²) in [4.78, 5) is 11.7. The third-order valence-corrected chi connectivity index (χ3v) is 4.57. The van der Waals surface area contributed by atoms with Crippen molar-refractivity contribution in [2.24, 2.45) is 5.41 Å². The van der Waals surface area contributed by atoms with Gasteiger partial charge in [0.05, 0.1) is 4.90 Å². The lowest BCUT2D eigenvalue weighted by Crippen LogP contribution is -2.52. The number of benzene rings is 1. The average molecular weight is 354 g/mol. The summed E-state index contributed by atoms with van der Waals surface area (Å²) in [6.07, 6.45) is 0. The topological polar surface area (TPSA) is 105 Å². The molecule has 3 N–H and O–H groups in total. The number of sulfonamides is 1. The maximum atomic E-state index is 12.4. The molecule has 0 heterocycles. The van der Waals surface area contributed by atoms with Gasteiger partial charge in [0.1, 0.15) is 18.4 Å². The molecule has 0 aliphatic heterocycles. The Morgan fingerprint density at radius 3 is 2.33 bits per heavy atom. The van der Waals surface area contributed by atoms with Crippen molar-refractivity contribution in [1.29, 1.82) is 0 Å². The second-order valence-corrected chi connectivity index (χ2v) is 7.80. The van der Waals surface area contributed by atoms with E-state index in [1.54, 1.807) is 27.7 Å². The molecule has 0 fully saturated rings. The molecule has 24 heavy (non-hydrogen) atoms. The average Bonchev–Trinajstić information content (AvgIpc) is 2.52. The lowest BCUT2D eigenvalue weighted by molar-refractivity contribution is -0.133. The van der Waals surface area contributed by atoms with E-state index in [0.717, 1.165) is 0 Å². The van der Waals surface area contributed by atoms with Crippen molar-refractivity contribution < 1.29 is 23.2 Å². The summed E-state index contributed by atoms with van der Waals surface area (Å²) in [7, 11) is -3.95. The lowest BCUT2D eigenvalue weighted by atomic mass is 9.87. The van der Waals surface area contributed by atoms with Crippen molar-refractivity contribution in [3.05, 3.63) is 24.3 Å². The van der Waals surface area contributed by atoms with Crippen molar-refractivity contribution in [2.45, 2.75) is 38.6 Å². The third kappa shape index (κ3) is 5.53. The van der Waals surface area contributed by atoms with Gasteiger partial charge in [0.2, 0.25) is 10.0 Å². The number of rotatable bonds is 6. The summed E-state index contributed by atoms with van der Waals surface area (Å²) < 4.78 is 32.5. The van der Waals surface area contributed by atoms with Gasteiger partial charge in [-0.1, -0.05) is 26.7 Å². The van der Waals surface area contributed by atoms with Crippen LogP contribution >= 0.6 is 0 Å². The van der Waals surface area contributed by atoms with Crippen LogP contribution in [0.2, 0.25) is 0 Å². The molecular weight excluding hydrogens is 332 g/mol. The lowest BCUT2D eigenvalue weighted by Gasteiger charge is -2.29. The van der Waals surface area contributed by atoms with E-state index >= 15 is 0 Å². The molecule has 1 amide bonds. The summed E-state index contributed by atoms with van der Waals surface area (Å²) in [6.45, 7) is 6.95. The molecular formula is C16H22N2O5S. The highest BCUT2D eigenvalue weighted by molar-refractivity contribution is 7.89. The first-order valence-electron chi connectivity index (χ1n) is 7.20. The number of amides is 1. The quantitative estimate of drug-likeness (QED) is 0.406. The van der Waals surface area contributed by atoms with E-state index in [-0.39, 0.29) is 11.5 Å². The molecule has 1 aromatic carbocycles. The molecule has 0 aromatic heterocycles. The fraction of sp³-hybridized carbons (Fsp3) is 0.438. The molecule has 0 saturated carbocycles. The highest BCUT2D eigenvalue weighted by Crippen LogP contribution is 2.22. The van der Waals surface area contributed by atoms with Crippen LogP contribution in [0.15, 0.2) is 29.2 Å². The minimum Gasteiger partial charge on any atom is -0.481 e. The van der Waals surface area contributed by atoms with Gasteiger partial charge in [-0.05, 0) is 36.6 Å². The van der Waals surface area contributed by atoms with E-state index in [0.29, 0.717) is 5.75 Å². The first-order chi connectivity index (χ1) is 11.1. The first kappa shape index (κ1) is 20.0. The van der Waals surface area contributed by atoms with Gasteiger partial charge in [0.25, 0.3) is 5.91 Å². The Kier molecular flexibility index (Phi) is 6.78. The van der Waals surface area contributed by atoms with Crippen molar-refractivity contribution in [2.75, 3.05) is 6.61 Å². The van der Waals surface area contributed by atoms with Crippen LogP contribution < -0.4 is 14.9 Å². The Hall–Kier alpha value is -2.08. The number of nitrogens with one attached hydrogen (secondary N) is 2. The Morgan fingerprint density at radius 2 is 1.88 bits per heavy atom. The fourth-order valence-electron chi connectivity index (χ4n) is 1.82. The number of hydroxylamine groups is 1. The zero-order chi connectivity index (χ0) is 18.4. The van der Waals surface area contributed by atoms with Crippen molar-refractivity contribution in [1.82, 2.24) is 10.2 Å². The molecule has 132 valence electrons. The standard InChI is InChI=1S/C16H22N2O5S/c1-5-6-11-23-12-7-9-13(10-8-12)24(21,22)18-14(15(19)17-20)16(2,3)4/h7-10,14,18,20H,11H2,1-4H3,(H,17,19). The predicted octanol–water partition coefficient (Wildman–Crippen LogP) is 1.29. The van der Waals surface area contributed by atoms with Crippen LogP contribution in [0.3, 0.4) is 0 Å². The smallest absolute Gasteiger partial charge is 0.262 e. The number of carbonyl (C=O) groups excluding carboxylic acids is 1. The van der Waals surface area contributed by atoms with Gasteiger partial charge in [-0.2, -0.15) is 4.72 Å². The molecule has 0 saturated heterocycles. The van der Waals surface area contributed by atoms with Gasteiger partial charge in [0.15, 0.2) is 0 Å². The number of hydrogen-bond acceptors (Lipinski definition) is 5. The van der Waals surface area contributed by atoms with Gasteiger partial charge < -0.3 is 4.74 Å². The van der Waals surface area contributed by atoms with Crippen LogP contribution in [0.1, 0.15) is 27.7 Å². The molecule has 0 aliphatic carbocycles. The molecule has 0 radical (unpaired) electrons. The third-order valence-electron chi connectivity index (χ3n) is 3.13. The van der Waals surface area contributed by atoms with Crippen LogP contribution in [0.5, 0.6) is 5.75 Å². The summed E-state index contributed by atoms with van der Waals surface area (Å²) in [5.74, 6) is 5.07. The van der Waals surface area contributed by atoms with Crippen LogP contribution in [0.4, 0.5) is 0 Å². The van der Waals surface area contributed by atoms with Crippen LogP contribution in [0.25, 0.3) is 0 Å². The van der Waals surface area contributed by atoms with Gasteiger partial charge in [-0.15, -0.1) is 5.92 Å². The second-order valence-electron chi connectivity index (χ2n) is 6.08. The molecule has 0 spiro atoms. The Balaban J connectivity index is 2.97. The molecule has 8 heteroatoms. The molecule has 1 unspecified atom stereocenters. The summed E-state index contributed by atoms with van der Waals surface area (Å²) in [5.41, 5.74) is 0.750. The van der Waals surface area contributed by atoms with Crippen molar-refractivity contribution in [3.63, 3.8) is 0 Å². The number of carbonyl (C=O) groups is 1. The molecule has 7 nitrogen and oxygen atoms in total. The van der Waals surface area contributed by atoms with E-state index in [4.69, 9.17) is 9.94 Å².